The van der Waals surface area contributed by atoms with Crippen molar-refractivity contribution in [2.24, 2.45) is 11.7 Å². The van der Waals surface area contributed by atoms with Crippen LogP contribution in [0.15, 0.2) is 0 Å². The fraction of sp³-hybridized carbons (Fsp3) is 0.857. The van der Waals surface area contributed by atoms with E-state index in [-0.39, 0.29) is 48.6 Å². The van der Waals surface area contributed by atoms with Gasteiger partial charge in [-0.1, -0.05) is 0 Å². The fourth-order valence-corrected chi connectivity index (χ4v) is 2.85. The van der Waals surface area contributed by atoms with Crippen LogP contribution in [-0.4, -0.2) is 79.4 Å². The SMILES string of the molecule is CN(C)CCN1CC(C(=O)N2CCC(N)CC2)CC1=O.Cl.Cl. The molecule has 22 heavy (non-hydrogen) atoms. The number of hydrogen-bond acceptors (Lipinski definition) is 4. The molecule has 2 aliphatic rings. The summed E-state index contributed by atoms with van der Waals surface area (Å²) >= 11 is 0. The van der Waals surface area contributed by atoms with Crippen LogP contribution in [0.5, 0.6) is 0 Å². The minimum Gasteiger partial charge on any atom is -0.342 e. The number of carbonyl (C=O) groups excluding carboxylic acids is 2. The highest BCUT2D eigenvalue weighted by atomic mass is 35.5. The Morgan fingerprint density at radius 1 is 1.27 bits per heavy atom. The highest BCUT2D eigenvalue weighted by Crippen LogP contribution is 2.21. The molecule has 0 radical (unpaired) electrons. The summed E-state index contributed by atoms with van der Waals surface area (Å²) in [4.78, 5) is 30.1. The van der Waals surface area contributed by atoms with Crippen molar-refractivity contribution in [2.75, 3.05) is 46.8 Å². The average molecular weight is 355 g/mol. The van der Waals surface area contributed by atoms with Gasteiger partial charge in [0.25, 0.3) is 0 Å². The molecule has 0 spiro atoms. The van der Waals surface area contributed by atoms with Crippen LogP contribution in [0.3, 0.4) is 0 Å². The normalized spacial score (nSPS) is 22.5. The maximum absolute atomic E-state index is 12.4. The molecule has 2 amide bonds. The van der Waals surface area contributed by atoms with Crippen molar-refractivity contribution in [1.29, 1.82) is 0 Å². The molecule has 0 aliphatic carbocycles. The van der Waals surface area contributed by atoms with Gasteiger partial charge >= 0.3 is 0 Å². The number of rotatable bonds is 4. The van der Waals surface area contributed by atoms with Gasteiger partial charge in [0, 0.05) is 45.2 Å². The topological polar surface area (TPSA) is 69.9 Å². The zero-order valence-corrected chi connectivity index (χ0v) is 15.0. The van der Waals surface area contributed by atoms with Crippen molar-refractivity contribution >= 4 is 36.6 Å². The maximum atomic E-state index is 12.4. The largest absolute Gasteiger partial charge is 0.342 e. The van der Waals surface area contributed by atoms with Crippen molar-refractivity contribution in [2.45, 2.75) is 25.3 Å². The van der Waals surface area contributed by atoms with E-state index >= 15 is 0 Å². The van der Waals surface area contributed by atoms with Crippen LogP contribution >= 0.6 is 24.8 Å². The van der Waals surface area contributed by atoms with E-state index in [2.05, 4.69) is 4.90 Å². The molecule has 2 rings (SSSR count). The lowest BCUT2D eigenvalue weighted by Crippen LogP contribution is -2.45. The van der Waals surface area contributed by atoms with Gasteiger partial charge in [-0.05, 0) is 26.9 Å². The molecule has 8 heteroatoms. The molecule has 2 saturated heterocycles. The Labute approximate surface area is 145 Å². The third-order valence-corrected chi connectivity index (χ3v) is 4.23. The molecule has 0 saturated carbocycles. The van der Waals surface area contributed by atoms with Gasteiger partial charge in [0.05, 0.1) is 5.92 Å². The van der Waals surface area contributed by atoms with Crippen LogP contribution in [0.2, 0.25) is 0 Å². The number of amides is 2. The number of halogens is 2. The van der Waals surface area contributed by atoms with Crippen LogP contribution in [0.1, 0.15) is 19.3 Å². The molecule has 0 aromatic rings. The molecule has 0 bridgehead atoms. The fourth-order valence-electron chi connectivity index (χ4n) is 2.85. The second-order valence-corrected chi connectivity index (χ2v) is 6.21. The minimum absolute atomic E-state index is 0. The Balaban J connectivity index is 0.00000220. The first-order valence-electron chi connectivity index (χ1n) is 7.44. The summed E-state index contributed by atoms with van der Waals surface area (Å²) in [7, 11) is 3.97. The van der Waals surface area contributed by atoms with Crippen molar-refractivity contribution < 1.29 is 9.59 Å². The Morgan fingerprint density at radius 3 is 2.41 bits per heavy atom. The Hall–Kier alpha value is -0.560. The smallest absolute Gasteiger partial charge is 0.227 e. The van der Waals surface area contributed by atoms with Gasteiger partial charge in [0.15, 0.2) is 0 Å². The highest BCUT2D eigenvalue weighted by molar-refractivity contribution is 5.89. The summed E-state index contributed by atoms with van der Waals surface area (Å²) in [6.07, 6.45) is 2.11. The van der Waals surface area contributed by atoms with Gasteiger partial charge in [-0.25, -0.2) is 0 Å². The number of piperidine rings is 1. The summed E-state index contributed by atoms with van der Waals surface area (Å²) < 4.78 is 0. The quantitative estimate of drug-likeness (QED) is 0.782. The number of carbonyl (C=O) groups is 2. The molecule has 0 aromatic carbocycles. The summed E-state index contributed by atoms with van der Waals surface area (Å²) in [5.41, 5.74) is 5.86. The summed E-state index contributed by atoms with van der Waals surface area (Å²) in [5, 5.41) is 0. The van der Waals surface area contributed by atoms with Crippen molar-refractivity contribution in [1.82, 2.24) is 14.7 Å². The van der Waals surface area contributed by atoms with Crippen LogP contribution in [0, 0.1) is 5.92 Å². The first kappa shape index (κ1) is 21.4. The number of likely N-dealkylation sites (N-methyl/N-ethyl adjacent to an activating group) is 1. The summed E-state index contributed by atoms with van der Waals surface area (Å²) in [5.74, 6) is 0.0931. The molecule has 1 atom stereocenters. The van der Waals surface area contributed by atoms with Crippen molar-refractivity contribution in [3.8, 4) is 0 Å². The van der Waals surface area contributed by atoms with Crippen LogP contribution in [0.25, 0.3) is 0 Å². The number of likely N-dealkylation sites (tertiary alicyclic amines) is 2. The first-order valence-corrected chi connectivity index (χ1v) is 7.44. The monoisotopic (exact) mass is 354 g/mol. The molecule has 0 aromatic heterocycles. The lowest BCUT2D eigenvalue weighted by atomic mass is 10.0. The van der Waals surface area contributed by atoms with Crippen LogP contribution in [-0.2, 0) is 9.59 Å². The molecule has 2 fully saturated rings. The third kappa shape index (κ3) is 5.57. The maximum Gasteiger partial charge on any atom is 0.227 e. The van der Waals surface area contributed by atoms with Gasteiger partial charge in [0.1, 0.15) is 0 Å². The second-order valence-electron chi connectivity index (χ2n) is 6.21. The molecule has 2 heterocycles. The molecule has 130 valence electrons. The summed E-state index contributed by atoms with van der Waals surface area (Å²) in [6.45, 7) is 3.60. The Kier molecular flexibility index (Phi) is 9.31. The zero-order valence-electron chi connectivity index (χ0n) is 13.4. The van der Waals surface area contributed by atoms with Gasteiger partial charge < -0.3 is 20.4 Å². The van der Waals surface area contributed by atoms with Gasteiger partial charge in [0.2, 0.25) is 11.8 Å². The second kappa shape index (κ2) is 9.55. The van der Waals surface area contributed by atoms with Crippen molar-refractivity contribution in [3.05, 3.63) is 0 Å². The Morgan fingerprint density at radius 2 is 1.86 bits per heavy atom. The predicted octanol–water partition coefficient (Wildman–Crippen LogP) is 0.190. The third-order valence-electron chi connectivity index (χ3n) is 4.23. The summed E-state index contributed by atoms with van der Waals surface area (Å²) in [6, 6.07) is 0.223. The average Bonchev–Trinajstić information content (AvgIpc) is 2.78. The molecular formula is C14H28Cl2N4O2. The number of hydrogen-bond donors (Lipinski definition) is 1. The molecule has 1 unspecified atom stereocenters. The van der Waals surface area contributed by atoms with E-state index in [1.807, 2.05) is 23.9 Å². The molecule has 2 N–H and O–H groups in total. The van der Waals surface area contributed by atoms with E-state index in [9.17, 15) is 9.59 Å². The van der Waals surface area contributed by atoms with E-state index < -0.39 is 0 Å². The van der Waals surface area contributed by atoms with E-state index in [0.29, 0.717) is 19.5 Å². The lowest BCUT2D eigenvalue weighted by Gasteiger charge is -2.32. The van der Waals surface area contributed by atoms with Crippen LogP contribution in [0.4, 0.5) is 0 Å². The minimum atomic E-state index is -0.154. The standard InChI is InChI=1S/C14H26N4O2.2ClH/c1-16(2)7-8-18-10-11(9-13(18)19)14(20)17-5-3-12(15)4-6-17;;/h11-12H,3-10,15H2,1-2H3;2*1H. The highest BCUT2D eigenvalue weighted by Gasteiger charge is 2.36. The van der Waals surface area contributed by atoms with Crippen molar-refractivity contribution in [3.63, 3.8) is 0 Å². The van der Waals surface area contributed by atoms with E-state index in [1.165, 1.54) is 0 Å². The van der Waals surface area contributed by atoms with Crippen LogP contribution < -0.4 is 5.73 Å². The molecule has 2 aliphatic heterocycles. The number of nitrogens with zero attached hydrogens (tertiary/aromatic N) is 3. The van der Waals surface area contributed by atoms with E-state index in [1.54, 1.807) is 0 Å². The van der Waals surface area contributed by atoms with Gasteiger partial charge in [-0.3, -0.25) is 9.59 Å². The number of nitrogens with two attached hydrogens (primary N) is 1. The van der Waals surface area contributed by atoms with E-state index in [0.717, 1.165) is 32.5 Å². The molecule has 6 nitrogen and oxygen atoms in total. The van der Waals surface area contributed by atoms with Gasteiger partial charge in [-0.2, -0.15) is 0 Å². The van der Waals surface area contributed by atoms with E-state index in [4.69, 9.17) is 5.73 Å². The predicted molar refractivity (Wildman–Crippen MR) is 91.5 cm³/mol. The Bertz CT molecular complexity index is 374. The lowest BCUT2D eigenvalue weighted by molar-refractivity contribution is -0.136. The molecular weight excluding hydrogens is 327 g/mol. The van der Waals surface area contributed by atoms with Gasteiger partial charge in [-0.15, -0.1) is 24.8 Å². The zero-order chi connectivity index (χ0) is 14.7. The first-order chi connectivity index (χ1) is 9.47.